The molecule has 2 aromatic carbocycles. The fourth-order valence-electron chi connectivity index (χ4n) is 2.38. The summed E-state index contributed by atoms with van der Waals surface area (Å²) >= 11 is 3.15. The van der Waals surface area contributed by atoms with Crippen molar-refractivity contribution in [1.82, 2.24) is 4.57 Å². The number of halogens is 2. The molecule has 0 radical (unpaired) electrons. The standard InChI is InChI=1S/C17H13BrFNO2/c1-11(21)22-14-3-5-17-13(9-14)6-7-20(17)10-12-2-4-15(18)16(19)8-12/h2-9H,10H2,1H3. The van der Waals surface area contributed by atoms with Crippen LogP contribution < -0.4 is 4.74 Å². The molecule has 112 valence electrons. The van der Waals surface area contributed by atoms with Gasteiger partial charge in [0.15, 0.2) is 0 Å². The lowest BCUT2D eigenvalue weighted by Gasteiger charge is -2.07. The summed E-state index contributed by atoms with van der Waals surface area (Å²) in [4.78, 5) is 11.0. The molecular weight excluding hydrogens is 349 g/mol. The quantitative estimate of drug-likeness (QED) is 0.507. The van der Waals surface area contributed by atoms with Gasteiger partial charge in [-0.2, -0.15) is 0 Å². The molecule has 0 aliphatic heterocycles. The molecule has 0 saturated carbocycles. The van der Waals surface area contributed by atoms with Crippen molar-refractivity contribution in [3.05, 3.63) is 64.5 Å². The van der Waals surface area contributed by atoms with E-state index in [1.54, 1.807) is 12.1 Å². The third kappa shape index (κ3) is 3.04. The topological polar surface area (TPSA) is 31.2 Å². The van der Waals surface area contributed by atoms with E-state index < -0.39 is 0 Å². The minimum Gasteiger partial charge on any atom is -0.427 e. The summed E-state index contributed by atoms with van der Waals surface area (Å²) < 4.78 is 21.1. The smallest absolute Gasteiger partial charge is 0.308 e. The molecule has 0 aliphatic carbocycles. The molecule has 0 unspecified atom stereocenters. The molecule has 0 bridgehead atoms. The molecule has 22 heavy (non-hydrogen) atoms. The number of carbonyl (C=O) groups excluding carboxylic acids is 1. The SMILES string of the molecule is CC(=O)Oc1ccc2c(ccn2Cc2ccc(Br)c(F)c2)c1. The normalized spacial score (nSPS) is 10.9. The molecular formula is C17H13BrFNO2. The van der Waals surface area contributed by atoms with Crippen molar-refractivity contribution < 1.29 is 13.9 Å². The summed E-state index contributed by atoms with van der Waals surface area (Å²) in [6.07, 6.45) is 1.93. The van der Waals surface area contributed by atoms with Crippen molar-refractivity contribution in [3.63, 3.8) is 0 Å². The zero-order valence-corrected chi connectivity index (χ0v) is 13.4. The lowest BCUT2D eigenvalue weighted by molar-refractivity contribution is -0.131. The van der Waals surface area contributed by atoms with E-state index in [-0.39, 0.29) is 11.8 Å². The molecule has 5 heteroatoms. The highest BCUT2D eigenvalue weighted by Gasteiger charge is 2.06. The number of hydrogen-bond acceptors (Lipinski definition) is 2. The van der Waals surface area contributed by atoms with Gasteiger partial charge >= 0.3 is 5.97 Å². The largest absolute Gasteiger partial charge is 0.427 e. The number of esters is 1. The third-order valence-corrected chi connectivity index (χ3v) is 3.98. The predicted molar refractivity (Wildman–Crippen MR) is 86.4 cm³/mol. The Kier molecular flexibility index (Phi) is 3.98. The van der Waals surface area contributed by atoms with Gasteiger partial charge in [0.2, 0.25) is 0 Å². The summed E-state index contributed by atoms with van der Waals surface area (Å²) in [5.74, 6) is -0.0948. The Balaban J connectivity index is 1.91. The fourth-order valence-corrected chi connectivity index (χ4v) is 2.63. The van der Waals surface area contributed by atoms with Crippen molar-refractivity contribution in [2.24, 2.45) is 0 Å². The van der Waals surface area contributed by atoms with E-state index in [1.807, 2.05) is 35.0 Å². The highest BCUT2D eigenvalue weighted by molar-refractivity contribution is 9.10. The second kappa shape index (κ2) is 5.93. The summed E-state index contributed by atoms with van der Waals surface area (Å²) in [5, 5.41) is 0.969. The van der Waals surface area contributed by atoms with E-state index in [4.69, 9.17) is 4.74 Å². The van der Waals surface area contributed by atoms with E-state index in [1.165, 1.54) is 13.0 Å². The van der Waals surface area contributed by atoms with Gasteiger partial charge in [-0.05, 0) is 57.9 Å². The lowest BCUT2D eigenvalue weighted by atomic mass is 10.2. The molecule has 0 amide bonds. The van der Waals surface area contributed by atoms with Crippen molar-refractivity contribution >= 4 is 32.8 Å². The first kappa shape index (κ1) is 14.8. The highest BCUT2D eigenvalue weighted by atomic mass is 79.9. The average molecular weight is 362 g/mol. The molecule has 3 rings (SSSR count). The summed E-state index contributed by atoms with van der Waals surface area (Å²) in [6, 6.07) is 12.5. The van der Waals surface area contributed by atoms with Crippen molar-refractivity contribution in [2.45, 2.75) is 13.5 Å². The first-order valence-electron chi connectivity index (χ1n) is 6.74. The number of nitrogens with zero attached hydrogens (tertiary/aromatic N) is 1. The van der Waals surface area contributed by atoms with Crippen molar-refractivity contribution in [2.75, 3.05) is 0 Å². The van der Waals surface area contributed by atoms with Crippen LogP contribution in [0.2, 0.25) is 0 Å². The number of benzene rings is 2. The van der Waals surface area contributed by atoms with Gasteiger partial charge in [0.1, 0.15) is 11.6 Å². The Labute approximate surface area is 135 Å². The fraction of sp³-hybridized carbons (Fsp3) is 0.118. The van der Waals surface area contributed by atoms with Gasteiger partial charge in [0.25, 0.3) is 0 Å². The minimum absolute atomic E-state index is 0.272. The molecule has 1 aromatic heterocycles. The number of hydrogen-bond donors (Lipinski definition) is 0. The van der Waals surface area contributed by atoms with E-state index in [0.717, 1.165) is 16.5 Å². The van der Waals surface area contributed by atoms with Crippen LogP contribution in [-0.4, -0.2) is 10.5 Å². The van der Waals surface area contributed by atoms with Crippen LogP contribution in [0, 0.1) is 5.82 Å². The maximum atomic E-state index is 13.6. The van der Waals surface area contributed by atoms with Gasteiger partial charge in [-0.1, -0.05) is 6.07 Å². The van der Waals surface area contributed by atoms with Gasteiger partial charge in [0, 0.05) is 30.6 Å². The highest BCUT2D eigenvalue weighted by Crippen LogP contribution is 2.24. The predicted octanol–water partition coefficient (Wildman–Crippen LogP) is 4.52. The van der Waals surface area contributed by atoms with Crippen LogP contribution in [0.5, 0.6) is 5.75 Å². The zero-order chi connectivity index (χ0) is 15.7. The Hall–Kier alpha value is -2.14. The maximum Gasteiger partial charge on any atom is 0.308 e. The van der Waals surface area contributed by atoms with Crippen LogP contribution in [-0.2, 0) is 11.3 Å². The molecule has 1 heterocycles. The van der Waals surface area contributed by atoms with Crippen LogP contribution in [0.4, 0.5) is 4.39 Å². The van der Waals surface area contributed by atoms with Crippen LogP contribution in [0.15, 0.2) is 53.1 Å². The number of fused-ring (bicyclic) bond motifs is 1. The minimum atomic E-state index is -0.343. The second-order valence-corrected chi connectivity index (χ2v) is 5.86. The Morgan fingerprint density at radius 3 is 2.77 bits per heavy atom. The van der Waals surface area contributed by atoms with E-state index >= 15 is 0 Å². The van der Waals surface area contributed by atoms with Crippen LogP contribution in [0.25, 0.3) is 10.9 Å². The molecule has 3 aromatic rings. The Morgan fingerprint density at radius 2 is 2.05 bits per heavy atom. The van der Waals surface area contributed by atoms with Gasteiger partial charge in [-0.15, -0.1) is 0 Å². The summed E-state index contributed by atoms with van der Waals surface area (Å²) in [5.41, 5.74) is 1.88. The van der Waals surface area contributed by atoms with Crippen LogP contribution >= 0.6 is 15.9 Å². The number of carbonyl (C=O) groups is 1. The molecule has 0 N–H and O–H groups in total. The monoisotopic (exact) mass is 361 g/mol. The van der Waals surface area contributed by atoms with Crippen molar-refractivity contribution in [1.29, 1.82) is 0 Å². The first-order valence-corrected chi connectivity index (χ1v) is 7.53. The Bertz CT molecular complexity index is 857. The molecule has 0 atom stereocenters. The van der Waals surface area contributed by atoms with Gasteiger partial charge in [-0.25, -0.2) is 4.39 Å². The van der Waals surface area contributed by atoms with E-state index in [9.17, 15) is 9.18 Å². The molecule has 3 nitrogen and oxygen atoms in total. The third-order valence-electron chi connectivity index (χ3n) is 3.34. The average Bonchev–Trinajstić information content (AvgIpc) is 2.85. The number of ether oxygens (including phenoxy) is 1. The molecule has 0 saturated heterocycles. The Morgan fingerprint density at radius 1 is 1.23 bits per heavy atom. The molecule has 0 spiro atoms. The van der Waals surface area contributed by atoms with Gasteiger partial charge < -0.3 is 9.30 Å². The maximum absolute atomic E-state index is 13.6. The zero-order valence-electron chi connectivity index (χ0n) is 11.8. The number of rotatable bonds is 3. The van der Waals surface area contributed by atoms with E-state index in [0.29, 0.717) is 16.8 Å². The lowest BCUT2D eigenvalue weighted by Crippen LogP contribution is -2.01. The molecule has 0 aliphatic rings. The number of aromatic nitrogens is 1. The van der Waals surface area contributed by atoms with Crippen LogP contribution in [0.1, 0.15) is 12.5 Å². The van der Waals surface area contributed by atoms with Gasteiger partial charge in [0.05, 0.1) is 4.47 Å². The van der Waals surface area contributed by atoms with Crippen LogP contribution in [0.3, 0.4) is 0 Å². The van der Waals surface area contributed by atoms with Crippen molar-refractivity contribution in [3.8, 4) is 5.75 Å². The molecule has 0 fully saturated rings. The summed E-state index contributed by atoms with van der Waals surface area (Å²) in [6.45, 7) is 1.94. The first-order chi connectivity index (χ1) is 10.5. The van der Waals surface area contributed by atoms with Gasteiger partial charge in [-0.3, -0.25) is 4.79 Å². The van der Waals surface area contributed by atoms with E-state index in [2.05, 4.69) is 15.9 Å². The summed E-state index contributed by atoms with van der Waals surface area (Å²) in [7, 11) is 0. The second-order valence-electron chi connectivity index (χ2n) is 5.01.